The second-order valence-corrected chi connectivity index (χ2v) is 8.76. The van der Waals surface area contributed by atoms with Crippen molar-refractivity contribution in [2.75, 3.05) is 5.32 Å². The van der Waals surface area contributed by atoms with E-state index >= 15 is 0 Å². The molecule has 8 nitrogen and oxygen atoms in total. The number of Topliss-reactive ketones (excluding diaryl/α,β-unsaturated/α-hetero) is 1. The summed E-state index contributed by atoms with van der Waals surface area (Å²) in [7, 11) is 1.93. The van der Waals surface area contributed by atoms with Gasteiger partial charge in [0.1, 0.15) is 5.78 Å². The monoisotopic (exact) mass is 423 g/mol. The normalized spacial score (nSPS) is 14.9. The van der Waals surface area contributed by atoms with Crippen molar-refractivity contribution in [2.45, 2.75) is 25.7 Å². The third-order valence-corrected chi connectivity index (χ3v) is 6.37. The molecule has 0 aliphatic heterocycles. The first-order valence-electron chi connectivity index (χ1n) is 10.5. The van der Waals surface area contributed by atoms with Gasteiger partial charge in [-0.15, -0.1) is 5.10 Å². The summed E-state index contributed by atoms with van der Waals surface area (Å²) in [6.45, 7) is 3.96. The predicted octanol–water partition coefficient (Wildman–Crippen LogP) is 3.82. The number of aromatic nitrogens is 6. The van der Waals surface area contributed by atoms with E-state index in [-0.39, 0.29) is 5.78 Å². The Balaban J connectivity index is 1.37. The fraction of sp³-hybridized carbons (Fsp3) is 0.208. The number of rotatable bonds is 3. The number of carbonyl (C=O) groups is 1. The Hall–Kier alpha value is -4.07. The number of anilines is 2. The van der Waals surface area contributed by atoms with E-state index < -0.39 is 5.41 Å². The van der Waals surface area contributed by atoms with Gasteiger partial charge in [-0.2, -0.15) is 10.1 Å². The van der Waals surface area contributed by atoms with Gasteiger partial charge in [-0.05, 0) is 49.2 Å². The third kappa shape index (κ3) is 2.72. The largest absolute Gasteiger partial charge is 0.323 e. The van der Waals surface area contributed by atoms with Gasteiger partial charge in [0.05, 0.1) is 29.8 Å². The van der Waals surface area contributed by atoms with Gasteiger partial charge < -0.3 is 5.32 Å². The highest BCUT2D eigenvalue weighted by atomic mass is 16.1. The van der Waals surface area contributed by atoms with Crippen LogP contribution in [0.5, 0.6) is 0 Å². The van der Waals surface area contributed by atoms with Crippen molar-refractivity contribution >= 4 is 34.0 Å². The molecule has 0 radical (unpaired) electrons. The number of nitrogens with zero attached hydrogens (tertiary/aromatic N) is 6. The van der Waals surface area contributed by atoms with Gasteiger partial charge in [0.25, 0.3) is 0 Å². The van der Waals surface area contributed by atoms with Gasteiger partial charge in [-0.3, -0.25) is 14.5 Å². The maximum Gasteiger partial charge on any atom is 0.247 e. The molecule has 6 rings (SSSR count). The molecule has 0 amide bonds. The number of carbonyl (C=O) groups excluding carboxylic acids is 1. The van der Waals surface area contributed by atoms with E-state index in [2.05, 4.69) is 31.5 Å². The van der Waals surface area contributed by atoms with Crippen molar-refractivity contribution in [3.8, 4) is 11.3 Å². The molecule has 0 unspecified atom stereocenters. The highest BCUT2D eigenvalue weighted by molar-refractivity contribution is 5.96. The summed E-state index contributed by atoms with van der Waals surface area (Å²) >= 11 is 0. The lowest BCUT2D eigenvalue weighted by Crippen LogP contribution is -2.23. The zero-order valence-electron chi connectivity index (χ0n) is 18.0. The molecule has 0 fully saturated rings. The maximum atomic E-state index is 12.3. The first kappa shape index (κ1) is 18.7. The molecule has 0 spiro atoms. The highest BCUT2D eigenvalue weighted by Crippen LogP contribution is 2.37. The molecule has 0 atom stereocenters. The number of hydrogen-bond donors (Lipinski definition) is 1. The second-order valence-electron chi connectivity index (χ2n) is 8.76. The van der Waals surface area contributed by atoms with Crippen LogP contribution < -0.4 is 5.32 Å². The molecule has 0 bridgehead atoms. The number of fused-ring (bicyclic) bond motifs is 3. The van der Waals surface area contributed by atoms with E-state index in [1.807, 2.05) is 62.1 Å². The molecule has 3 aromatic heterocycles. The Morgan fingerprint density at radius 1 is 1.06 bits per heavy atom. The van der Waals surface area contributed by atoms with Crippen LogP contribution in [0.25, 0.3) is 27.8 Å². The minimum atomic E-state index is -0.425. The molecular weight excluding hydrogens is 402 g/mol. The van der Waals surface area contributed by atoms with Crippen LogP contribution in [0.2, 0.25) is 0 Å². The van der Waals surface area contributed by atoms with Crippen molar-refractivity contribution < 1.29 is 4.79 Å². The van der Waals surface area contributed by atoms with Gasteiger partial charge in [0.2, 0.25) is 5.95 Å². The quantitative estimate of drug-likeness (QED) is 0.474. The number of aryl methyl sites for hydroxylation is 1. The molecule has 3 heterocycles. The minimum Gasteiger partial charge on any atom is -0.323 e. The topological polar surface area (TPSA) is 90.0 Å². The summed E-state index contributed by atoms with van der Waals surface area (Å²) in [5, 5.41) is 13.3. The first-order chi connectivity index (χ1) is 15.4. The average molecular weight is 423 g/mol. The van der Waals surface area contributed by atoms with Gasteiger partial charge in [-0.25, -0.2) is 4.52 Å². The lowest BCUT2D eigenvalue weighted by molar-refractivity contribution is -0.121. The van der Waals surface area contributed by atoms with Crippen LogP contribution in [-0.2, 0) is 23.7 Å². The summed E-state index contributed by atoms with van der Waals surface area (Å²) in [6, 6.07) is 12.2. The lowest BCUT2D eigenvalue weighted by atomic mass is 9.86. The zero-order valence-corrected chi connectivity index (χ0v) is 18.0. The molecule has 8 heteroatoms. The van der Waals surface area contributed by atoms with E-state index in [4.69, 9.17) is 0 Å². The van der Waals surface area contributed by atoms with Gasteiger partial charge in [0, 0.05) is 35.5 Å². The SMILES string of the molecule is Cn1ncc2cc(-c3cncc4nc(Nc5ccc6c(c5)CC(=O)C6(C)C)nn34)ccc21. The number of hydrogen-bond acceptors (Lipinski definition) is 6. The van der Waals surface area contributed by atoms with Crippen molar-refractivity contribution in [1.29, 1.82) is 0 Å². The molecule has 1 N–H and O–H groups in total. The molecule has 158 valence electrons. The summed E-state index contributed by atoms with van der Waals surface area (Å²) in [6.07, 6.45) is 5.78. The number of benzene rings is 2. The standard InChI is InChI=1S/C24H21N7O/c1-24(2)18-6-5-17(9-15(18)10-21(24)32)27-23-28-22-13-25-12-20(31(22)29-23)14-4-7-19-16(8-14)11-26-30(19)3/h4-9,11-13H,10H2,1-3H3,(H,27,29). The Labute approximate surface area is 183 Å². The van der Waals surface area contributed by atoms with Crippen molar-refractivity contribution in [3.63, 3.8) is 0 Å². The fourth-order valence-electron chi connectivity index (χ4n) is 4.49. The zero-order chi connectivity index (χ0) is 22.0. The molecule has 0 saturated carbocycles. The van der Waals surface area contributed by atoms with Crippen LogP contribution in [0.15, 0.2) is 55.0 Å². The average Bonchev–Trinajstić information content (AvgIpc) is 3.41. The van der Waals surface area contributed by atoms with E-state index in [1.54, 1.807) is 16.9 Å². The summed E-state index contributed by atoms with van der Waals surface area (Å²) in [5.41, 5.74) is 6.12. The van der Waals surface area contributed by atoms with E-state index in [0.717, 1.165) is 39.0 Å². The number of ketones is 1. The van der Waals surface area contributed by atoms with Gasteiger partial charge >= 0.3 is 0 Å². The molecule has 1 aliphatic carbocycles. The molecule has 5 aromatic rings. The molecular formula is C24H21N7O. The van der Waals surface area contributed by atoms with Crippen LogP contribution in [0.1, 0.15) is 25.0 Å². The van der Waals surface area contributed by atoms with Crippen LogP contribution in [0.3, 0.4) is 0 Å². The van der Waals surface area contributed by atoms with Crippen LogP contribution >= 0.6 is 0 Å². The Bertz CT molecular complexity index is 1540. The van der Waals surface area contributed by atoms with Crippen molar-refractivity contribution in [3.05, 3.63) is 66.1 Å². The minimum absolute atomic E-state index is 0.247. The predicted molar refractivity (Wildman–Crippen MR) is 122 cm³/mol. The smallest absolute Gasteiger partial charge is 0.247 e. The maximum absolute atomic E-state index is 12.3. The van der Waals surface area contributed by atoms with Crippen LogP contribution in [0, 0.1) is 0 Å². The second kappa shape index (κ2) is 6.46. The molecule has 1 aliphatic rings. The highest BCUT2D eigenvalue weighted by Gasteiger charge is 2.37. The van der Waals surface area contributed by atoms with Crippen LogP contribution in [-0.4, -0.2) is 35.1 Å². The Morgan fingerprint density at radius 2 is 1.94 bits per heavy atom. The Kier molecular flexibility index (Phi) is 3.77. The summed E-state index contributed by atoms with van der Waals surface area (Å²) in [5.74, 6) is 0.724. The van der Waals surface area contributed by atoms with E-state index in [1.165, 1.54) is 0 Å². The fourth-order valence-corrected chi connectivity index (χ4v) is 4.49. The van der Waals surface area contributed by atoms with E-state index in [0.29, 0.717) is 18.0 Å². The summed E-state index contributed by atoms with van der Waals surface area (Å²) < 4.78 is 3.63. The van der Waals surface area contributed by atoms with Crippen molar-refractivity contribution in [1.82, 2.24) is 29.4 Å². The van der Waals surface area contributed by atoms with Crippen LogP contribution in [0.4, 0.5) is 11.6 Å². The summed E-state index contributed by atoms with van der Waals surface area (Å²) in [4.78, 5) is 21.3. The van der Waals surface area contributed by atoms with E-state index in [9.17, 15) is 4.79 Å². The van der Waals surface area contributed by atoms with Crippen molar-refractivity contribution in [2.24, 2.45) is 7.05 Å². The first-order valence-corrected chi connectivity index (χ1v) is 10.5. The Morgan fingerprint density at radius 3 is 2.81 bits per heavy atom. The van der Waals surface area contributed by atoms with Gasteiger partial charge in [-0.1, -0.05) is 12.1 Å². The lowest BCUT2D eigenvalue weighted by Gasteiger charge is -2.17. The molecule has 32 heavy (non-hydrogen) atoms. The third-order valence-electron chi connectivity index (χ3n) is 6.37. The molecule has 2 aromatic carbocycles. The molecule has 0 saturated heterocycles. The number of nitrogens with one attached hydrogen (secondary N) is 1. The van der Waals surface area contributed by atoms with Gasteiger partial charge in [0.15, 0.2) is 5.65 Å².